The number of benzene rings is 2. The van der Waals surface area contributed by atoms with Crippen molar-refractivity contribution < 1.29 is 13.9 Å². The van der Waals surface area contributed by atoms with Crippen LogP contribution in [-0.4, -0.2) is 18.0 Å². The number of methoxy groups -OCH3 is 1. The molecule has 0 saturated carbocycles. The molecule has 0 aliphatic rings. The van der Waals surface area contributed by atoms with Crippen LogP contribution in [0.15, 0.2) is 46.9 Å². The number of ether oxygens (including phenoxy) is 1. The summed E-state index contributed by atoms with van der Waals surface area (Å²) < 4.78 is 11.0. The molecule has 112 valence electrons. The van der Waals surface area contributed by atoms with E-state index in [2.05, 4.69) is 10.3 Å². The molecular formula is C17H16N2O3. The van der Waals surface area contributed by atoms with Gasteiger partial charge in [-0.05, 0) is 30.3 Å². The third-order valence-electron chi connectivity index (χ3n) is 3.34. The zero-order valence-electron chi connectivity index (χ0n) is 12.4. The largest absolute Gasteiger partial charge is 0.495 e. The molecule has 5 nitrogen and oxygen atoms in total. The fourth-order valence-corrected chi connectivity index (χ4v) is 2.17. The van der Waals surface area contributed by atoms with Gasteiger partial charge in [-0.25, -0.2) is 4.98 Å². The fourth-order valence-electron chi connectivity index (χ4n) is 2.17. The lowest BCUT2D eigenvalue weighted by Crippen LogP contribution is -2.10. The molecule has 0 atom stereocenters. The van der Waals surface area contributed by atoms with Crippen LogP contribution in [-0.2, 0) is 4.79 Å². The number of hydrogen-bond donors (Lipinski definition) is 1. The Hall–Kier alpha value is -2.82. The number of anilines is 1. The third-order valence-corrected chi connectivity index (χ3v) is 3.34. The van der Waals surface area contributed by atoms with E-state index in [1.165, 1.54) is 0 Å². The molecule has 0 aliphatic carbocycles. The minimum Gasteiger partial charge on any atom is -0.495 e. The number of amides is 1. The molecule has 5 heteroatoms. The zero-order valence-corrected chi connectivity index (χ0v) is 12.4. The molecule has 2 aromatic carbocycles. The van der Waals surface area contributed by atoms with Crippen LogP contribution in [0.3, 0.4) is 0 Å². The summed E-state index contributed by atoms with van der Waals surface area (Å²) in [6.45, 7) is 1.80. The second-order valence-electron chi connectivity index (χ2n) is 4.80. The Labute approximate surface area is 127 Å². The van der Waals surface area contributed by atoms with Crippen LogP contribution >= 0.6 is 0 Å². The SMILES string of the molecule is CCC(=O)Nc1cc(-c2nc3ccccc3o2)ccc1OC. The van der Waals surface area contributed by atoms with Gasteiger partial charge in [0.05, 0.1) is 12.8 Å². The number of hydrogen-bond acceptors (Lipinski definition) is 4. The van der Waals surface area contributed by atoms with E-state index in [0.717, 1.165) is 16.7 Å². The second-order valence-corrected chi connectivity index (χ2v) is 4.80. The first-order chi connectivity index (χ1) is 10.7. The average Bonchev–Trinajstić information content (AvgIpc) is 2.98. The van der Waals surface area contributed by atoms with Crippen molar-refractivity contribution in [3.8, 4) is 17.2 Å². The van der Waals surface area contributed by atoms with Crippen LogP contribution in [0, 0.1) is 0 Å². The number of fused-ring (bicyclic) bond motifs is 1. The van der Waals surface area contributed by atoms with E-state index in [1.54, 1.807) is 26.2 Å². The summed E-state index contributed by atoms with van der Waals surface area (Å²) >= 11 is 0. The first kappa shape index (κ1) is 14.1. The number of carbonyl (C=O) groups excluding carboxylic acids is 1. The molecule has 1 aromatic heterocycles. The quantitative estimate of drug-likeness (QED) is 0.794. The van der Waals surface area contributed by atoms with Crippen molar-refractivity contribution in [1.29, 1.82) is 0 Å². The monoisotopic (exact) mass is 296 g/mol. The molecular weight excluding hydrogens is 280 g/mol. The van der Waals surface area contributed by atoms with Gasteiger partial charge in [0.2, 0.25) is 11.8 Å². The van der Waals surface area contributed by atoms with E-state index >= 15 is 0 Å². The van der Waals surface area contributed by atoms with Gasteiger partial charge < -0.3 is 14.5 Å². The lowest BCUT2D eigenvalue weighted by Gasteiger charge is -2.10. The molecule has 1 heterocycles. The van der Waals surface area contributed by atoms with Crippen LogP contribution in [0.25, 0.3) is 22.6 Å². The van der Waals surface area contributed by atoms with Gasteiger partial charge in [0.15, 0.2) is 5.58 Å². The standard InChI is InChI=1S/C17H16N2O3/c1-3-16(20)18-13-10-11(8-9-14(13)21-2)17-19-12-6-4-5-7-15(12)22-17/h4-10H,3H2,1-2H3,(H,18,20). The van der Waals surface area contributed by atoms with Gasteiger partial charge in [0.1, 0.15) is 11.3 Å². The Morgan fingerprint density at radius 1 is 1.27 bits per heavy atom. The maximum absolute atomic E-state index is 11.6. The first-order valence-corrected chi connectivity index (χ1v) is 7.05. The number of nitrogens with zero attached hydrogens (tertiary/aromatic N) is 1. The Balaban J connectivity index is 2.03. The van der Waals surface area contributed by atoms with Crippen molar-refractivity contribution in [2.75, 3.05) is 12.4 Å². The van der Waals surface area contributed by atoms with Gasteiger partial charge >= 0.3 is 0 Å². The molecule has 3 aromatic rings. The van der Waals surface area contributed by atoms with E-state index in [0.29, 0.717) is 23.7 Å². The smallest absolute Gasteiger partial charge is 0.227 e. The Bertz CT molecular complexity index is 791. The van der Waals surface area contributed by atoms with Crippen LogP contribution in [0.5, 0.6) is 5.75 Å². The predicted molar refractivity (Wildman–Crippen MR) is 84.9 cm³/mol. The molecule has 0 aliphatic heterocycles. The maximum Gasteiger partial charge on any atom is 0.227 e. The number of nitrogens with one attached hydrogen (secondary N) is 1. The van der Waals surface area contributed by atoms with Crippen molar-refractivity contribution in [1.82, 2.24) is 4.98 Å². The number of aromatic nitrogens is 1. The minimum absolute atomic E-state index is 0.0759. The molecule has 0 radical (unpaired) electrons. The van der Waals surface area contributed by atoms with Crippen LogP contribution < -0.4 is 10.1 Å². The fraction of sp³-hybridized carbons (Fsp3) is 0.176. The van der Waals surface area contributed by atoms with Crippen LogP contribution in [0.4, 0.5) is 5.69 Å². The number of para-hydroxylation sites is 2. The highest BCUT2D eigenvalue weighted by Gasteiger charge is 2.12. The molecule has 0 saturated heterocycles. The van der Waals surface area contributed by atoms with Crippen molar-refractivity contribution in [2.24, 2.45) is 0 Å². The van der Waals surface area contributed by atoms with Gasteiger partial charge in [0, 0.05) is 12.0 Å². The van der Waals surface area contributed by atoms with Gasteiger partial charge in [-0.3, -0.25) is 4.79 Å². The molecule has 1 amide bonds. The Kier molecular flexibility index (Phi) is 3.78. The third kappa shape index (κ3) is 2.65. The van der Waals surface area contributed by atoms with Crippen molar-refractivity contribution >= 4 is 22.7 Å². The number of oxazole rings is 1. The highest BCUT2D eigenvalue weighted by molar-refractivity contribution is 5.93. The van der Waals surface area contributed by atoms with Gasteiger partial charge in [-0.2, -0.15) is 0 Å². The normalized spacial score (nSPS) is 10.6. The zero-order chi connectivity index (χ0) is 15.5. The lowest BCUT2D eigenvalue weighted by atomic mass is 10.2. The van der Waals surface area contributed by atoms with Crippen molar-refractivity contribution in [2.45, 2.75) is 13.3 Å². The summed E-state index contributed by atoms with van der Waals surface area (Å²) in [6, 6.07) is 13.0. The average molecular weight is 296 g/mol. The molecule has 0 bridgehead atoms. The van der Waals surface area contributed by atoms with E-state index in [4.69, 9.17) is 9.15 Å². The Morgan fingerprint density at radius 3 is 2.82 bits per heavy atom. The lowest BCUT2D eigenvalue weighted by molar-refractivity contribution is -0.115. The van der Waals surface area contributed by atoms with Gasteiger partial charge in [-0.1, -0.05) is 19.1 Å². The second kappa shape index (κ2) is 5.89. The molecule has 3 rings (SSSR count). The maximum atomic E-state index is 11.6. The molecule has 0 unspecified atom stereocenters. The highest BCUT2D eigenvalue weighted by Crippen LogP contribution is 2.31. The summed E-state index contributed by atoms with van der Waals surface area (Å²) in [6.07, 6.45) is 0.399. The summed E-state index contributed by atoms with van der Waals surface area (Å²) in [5.41, 5.74) is 2.91. The molecule has 0 spiro atoms. The van der Waals surface area contributed by atoms with E-state index < -0.39 is 0 Å². The van der Waals surface area contributed by atoms with E-state index in [-0.39, 0.29) is 5.91 Å². The molecule has 22 heavy (non-hydrogen) atoms. The van der Waals surface area contributed by atoms with E-state index in [9.17, 15) is 4.79 Å². The highest BCUT2D eigenvalue weighted by atomic mass is 16.5. The van der Waals surface area contributed by atoms with E-state index in [1.807, 2.05) is 30.3 Å². The minimum atomic E-state index is -0.0759. The number of rotatable bonds is 4. The van der Waals surface area contributed by atoms with Crippen molar-refractivity contribution in [3.05, 3.63) is 42.5 Å². The molecule has 0 fully saturated rings. The summed E-state index contributed by atoms with van der Waals surface area (Å²) in [7, 11) is 1.57. The number of carbonyl (C=O) groups is 1. The van der Waals surface area contributed by atoms with Crippen LogP contribution in [0.1, 0.15) is 13.3 Å². The first-order valence-electron chi connectivity index (χ1n) is 7.05. The van der Waals surface area contributed by atoms with Crippen molar-refractivity contribution in [3.63, 3.8) is 0 Å². The summed E-state index contributed by atoms with van der Waals surface area (Å²) in [5.74, 6) is 1.03. The van der Waals surface area contributed by atoms with Gasteiger partial charge in [0.25, 0.3) is 0 Å². The van der Waals surface area contributed by atoms with Crippen LogP contribution in [0.2, 0.25) is 0 Å². The Morgan fingerprint density at radius 2 is 2.09 bits per heavy atom. The summed E-state index contributed by atoms with van der Waals surface area (Å²) in [5, 5.41) is 2.82. The van der Waals surface area contributed by atoms with Gasteiger partial charge in [-0.15, -0.1) is 0 Å². The molecule has 1 N–H and O–H groups in total. The topological polar surface area (TPSA) is 64.4 Å². The summed E-state index contributed by atoms with van der Waals surface area (Å²) in [4.78, 5) is 16.1. The predicted octanol–water partition coefficient (Wildman–Crippen LogP) is 3.85.